The van der Waals surface area contributed by atoms with Crippen molar-refractivity contribution in [3.8, 4) is 12.1 Å². The predicted molar refractivity (Wildman–Crippen MR) is 230 cm³/mol. The molecule has 1 saturated carbocycles. The van der Waals surface area contributed by atoms with E-state index in [4.69, 9.17) is 22.1 Å². The predicted octanol–water partition coefficient (Wildman–Crippen LogP) is 10.3. The Morgan fingerprint density at radius 1 is 0.603 bits per heavy atom. The number of rotatable bonds is 8. The highest BCUT2D eigenvalue weighted by Crippen LogP contribution is 2.40. The van der Waals surface area contributed by atoms with E-state index in [0.29, 0.717) is 77.3 Å². The van der Waals surface area contributed by atoms with Gasteiger partial charge in [-0.1, -0.05) is 58.7 Å². The number of likely N-dealkylation sites (tertiary alicyclic amines) is 2. The molecule has 0 unspecified atom stereocenters. The van der Waals surface area contributed by atoms with Gasteiger partial charge in [0.05, 0.1) is 28.6 Å². The highest BCUT2D eigenvalue weighted by atomic mass is 79.9. The smallest absolute Gasteiger partial charge is 0.254 e. The molecule has 0 radical (unpaired) electrons. The van der Waals surface area contributed by atoms with E-state index >= 15 is 0 Å². The van der Waals surface area contributed by atoms with E-state index in [1.54, 1.807) is 12.1 Å². The highest BCUT2D eigenvalue weighted by molar-refractivity contribution is 9.09. The molecule has 0 atom stereocenters. The van der Waals surface area contributed by atoms with E-state index in [-0.39, 0.29) is 22.9 Å². The Morgan fingerprint density at radius 3 is 1.40 bits per heavy atom. The van der Waals surface area contributed by atoms with Crippen LogP contribution in [0.25, 0.3) is 0 Å². The Labute approximate surface area is 354 Å². The van der Waals surface area contributed by atoms with Crippen molar-refractivity contribution in [3.05, 3.63) is 140 Å². The first-order valence-electron chi connectivity index (χ1n) is 20.1. The molecule has 2 saturated heterocycles. The number of carbonyl (C=O) groups excluding carboxylic acids is 4. The summed E-state index contributed by atoms with van der Waals surface area (Å²) < 4.78 is 0. The van der Waals surface area contributed by atoms with Crippen LogP contribution in [0.5, 0.6) is 0 Å². The zero-order valence-corrected chi connectivity index (χ0v) is 35.7. The highest BCUT2D eigenvalue weighted by Gasteiger charge is 2.30. The summed E-state index contributed by atoms with van der Waals surface area (Å²) in [6.45, 7) is 8.51. The fourth-order valence-electron chi connectivity index (χ4n) is 8.48. The van der Waals surface area contributed by atoms with Crippen LogP contribution in [0.1, 0.15) is 149 Å². The molecule has 7 rings (SSSR count). The number of ketones is 1. The average Bonchev–Trinajstić information content (AvgIpc) is 3.23. The minimum absolute atomic E-state index is 0.000555. The monoisotopic (exact) mass is 858 g/mol. The van der Waals surface area contributed by atoms with Gasteiger partial charge in [-0.25, -0.2) is 0 Å². The molecule has 2 heterocycles. The van der Waals surface area contributed by atoms with Crippen molar-refractivity contribution in [1.82, 2.24) is 9.80 Å². The molecule has 58 heavy (non-hydrogen) atoms. The number of aryl methyl sites for hydroxylation is 3. The number of halogens is 2. The molecule has 0 aromatic heterocycles. The van der Waals surface area contributed by atoms with Crippen LogP contribution in [0.15, 0.2) is 72.8 Å². The number of piperidine rings is 2. The number of hydrogen-bond acceptors (Lipinski definition) is 6. The van der Waals surface area contributed by atoms with Gasteiger partial charge in [0.15, 0.2) is 5.78 Å². The second-order valence-corrected chi connectivity index (χ2v) is 16.7. The van der Waals surface area contributed by atoms with Crippen LogP contribution in [0.4, 0.5) is 0 Å². The number of nitrogens with zero attached hydrogens (tertiary/aromatic N) is 4. The lowest BCUT2D eigenvalue weighted by Crippen LogP contribution is -2.38. The van der Waals surface area contributed by atoms with Gasteiger partial charge in [-0.05, 0) is 158 Å². The molecule has 10 heteroatoms. The minimum Gasteiger partial charge on any atom is -0.339 e. The quantitative estimate of drug-likeness (QED) is 0.0988. The minimum atomic E-state index is -0.481. The molecule has 1 aliphatic carbocycles. The molecule has 3 fully saturated rings. The fraction of sp³-hybridized carbons (Fsp3) is 0.375. The Kier molecular flexibility index (Phi) is 14.0. The number of Topliss-reactive ketones (excluding diaryl/α,β-unsaturated/α-hetero) is 1. The van der Waals surface area contributed by atoms with Crippen molar-refractivity contribution < 1.29 is 19.2 Å². The van der Waals surface area contributed by atoms with Crippen LogP contribution in [0, 0.1) is 43.4 Å². The largest absolute Gasteiger partial charge is 0.339 e. The summed E-state index contributed by atoms with van der Waals surface area (Å²) in [4.78, 5) is 54.3. The molecular weight excluding hydrogens is 812 g/mol. The second-order valence-electron chi connectivity index (χ2n) is 15.8. The van der Waals surface area contributed by atoms with Crippen molar-refractivity contribution in [3.63, 3.8) is 0 Å². The van der Waals surface area contributed by atoms with Crippen molar-refractivity contribution in [2.24, 2.45) is 0 Å². The van der Waals surface area contributed by atoms with Gasteiger partial charge < -0.3 is 9.80 Å². The molecule has 0 spiro atoms. The first-order chi connectivity index (χ1) is 27.9. The zero-order chi connectivity index (χ0) is 41.5. The maximum absolute atomic E-state index is 13.2. The summed E-state index contributed by atoms with van der Waals surface area (Å²) in [5.41, 5.74) is 9.79. The zero-order valence-electron chi connectivity index (χ0n) is 33.3. The Bertz CT molecular complexity index is 2270. The third-order valence-electron chi connectivity index (χ3n) is 12.2. The van der Waals surface area contributed by atoms with E-state index < -0.39 is 5.24 Å². The lowest BCUT2D eigenvalue weighted by atomic mass is 9.77. The lowest BCUT2D eigenvalue weighted by molar-refractivity contribution is 0.0704. The summed E-state index contributed by atoms with van der Waals surface area (Å²) >= 11 is 9.09. The third kappa shape index (κ3) is 9.60. The summed E-state index contributed by atoms with van der Waals surface area (Å²) in [5, 5.41) is 17.7. The van der Waals surface area contributed by atoms with Gasteiger partial charge in [-0.3, -0.25) is 19.2 Å². The average molecular weight is 860 g/mol. The maximum Gasteiger partial charge on any atom is 0.254 e. The van der Waals surface area contributed by atoms with Crippen LogP contribution in [-0.2, 0) is 0 Å². The van der Waals surface area contributed by atoms with E-state index in [1.165, 1.54) is 17.5 Å². The van der Waals surface area contributed by atoms with Gasteiger partial charge in [0.2, 0.25) is 0 Å². The molecule has 4 aromatic carbocycles. The topological polar surface area (TPSA) is 122 Å². The van der Waals surface area contributed by atoms with Crippen LogP contribution >= 0.6 is 27.5 Å². The molecule has 0 N–H and O–H groups in total. The van der Waals surface area contributed by atoms with Crippen LogP contribution < -0.4 is 0 Å². The van der Waals surface area contributed by atoms with Crippen molar-refractivity contribution in [1.29, 1.82) is 10.5 Å². The summed E-state index contributed by atoms with van der Waals surface area (Å²) in [6.07, 6.45) is 6.90. The van der Waals surface area contributed by atoms with Gasteiger partial charge in [0, 0.05) is 48.4 Å². The first-order valence-corrected chi connectivity index (χ1v) is 21.6. The molecule has 3 aliphatic rings. The Morgan fingerprint density at radius 2 is 1.02 bits per heavy atom. The summed E-state index contributed by atoms with van der Waals surface area (Å²) in [6, 6.07) is 27.2. The second kappa shape index (κ2) is 19.1. The van der Waals surface area contributed by atoms with Crippen LogP contribution in [-0.4, -0.2) is 64.1 Å². The van der Waals surface area contributed by atoms with E-state index in [0.717, 1.165) is 60.8 Å². The summed E-state index contributed by atoms with van der Waals surface area (Å²) in [7, 11) is 0. The van der Waals surface area contributed by atoms with Crippen molar-refractivity contribution >= 4 is 50.4 Å². The van der Waals surface area contributed by atoms with E-state index in [1.807, 2.05) is 91.2 Å². The fourth-order valence-corrected chi connectivity index (χ4v) is 8.94. The Hall–Kier alpha value is -5.09. The molecule has 298 valence electrons. The molecule has 4 aromatic rings. The van der Waals surface area contributed by atoms with Gasteiger partial charge >= 0.3 is 0 Å². The van der Waals surface area contributed by atoms with Crippen LogP contribution in [0.3, 0.4) is 0 Å². The van der Waals surface area contributed by atoms with Gasteiger partial charge in [0.1, 0.15) is 0 Å². The number of hydrogen-bond donors (Lipinski definition) is 0. The van der Waals surface area contributed by atoms with Crippen LogP contribution in [0.2, 0.25) is 0 Å². The van der Waals surface area contributed by atoms with Gasteiger partial charge in [0.25, 0.3) is 17.1 Å². The Balaban J connectivity index is 0.000000196. The SMILES string of the molecule is Cc1cc(C)c(C(=O)N2CCC(c3ccc(C#N)cc3)CC2)cc1C(=O)CBr.Cc1cc(C2CCC2)c(C(=O)Cl)cc1C(=O)N1CCC(c2ccc(C#N)cc2)CC1. The van der Waals surface area contributed by atoms with Crippen molar-refractivity contribution in [2.45, 2.75) is 83.5 Å². The van der Waals surface area contributed by atoms with Gasteiger partial charge in [-0.2, -0.15) is 10.5 Å². The first kappa shape index (κ1) is 42.5. The van der Waals surface area contributed by atoms with Gasteiger partial charge in [-0.15, -0.1) is 0 Å². The normalized spacial score (nSPS) is 16.0. The number of nitriles is 2. The lowest BCUT2D eigenvalue weighted by Gasteiger charge is -2.33. The molecule has 8 nitrogen and oxygen atoms in total. The number of amides is 2. The standard InChI is InChI=1S/C25H25ClN2O2.C23H23BrN2O2/c1-16-13-22(20-3-2-4-20)23(24(26)29)14-21(16)25(30)28-11-9-19(10-12-28)18-7-5-17(15-27)6-8-18;1-15-11-16(2)21(12-20(15)22(27)13-24)23(28)26-9-7-19(8-10-26)18-5-3-17(14-25)4-6-18/h5-8,13-14,19-20H,2-4,9-12H2,1H3;3-6,11-12,19H,7-10,13H2,1-2H3. The third-order valence-corrected chi connectivity index (χ3v) is 12.9. The number of carbonyl (C=O) groups is 4. The molecule has 0 bridgehead atoms. The summed E-state index contributed by atoms with van der Waals surface area (Å²) in [5.74, 6) is 1.15. The maximum atomic E-state index is 13.2. The van der Waals surface area contributed by atoms with E-state index in [9.17, 15) is 19.2 Å². The van der Waals surface area contributed by atoms with Crippen molar-refractivity contribution in [2.75, 3.05) is 31.5 Å². The van der Waals surface area contributed by atoms with E-state index in [2.05, 4.69) is 28.1 Å². The number of alkyl halides is 1. The number of benzene rings is 4. The molecular formula is C48H48BrClN4O4. The molecule has 2 aliphatic heterocycles. The molecule has 2 amide bonds.